The van der Waals surface area contributed by atoms with Crippen molar-refractivity contribution in [3.63, 3.8) is 0 Å². The van der Waals surface area contributed by atoms with E-state index in [2.05, 4.69) is 20.9 Å². The Kier molecular flexibility index (Phi) is 4.88. The molecule has 0 fully saturated rings. The van der Waals surface area contributed by atoms with Gasteiger partial charge in [0.1, 0.15) is 0 Å². The molecule has 1 heterocycles. The Bertz CT molecular complexity index is 754. The topological polar surface area (TPSA) is 76.3 Å². The molecule has 0 spiro atoms. The van der Waals surface area contributed by atoms with E-state index in [0.29, 0.717) is 4.47 Å². The normalized spacial score (nSPS) is 11.8. The Morgan fingerprint density at radius 1 is 1.43 bits per heavy atom. The van der Waals surface area contributed by atoms with Crippen molar-refractivity contribution in [2.45, 2.75) is 11.4 Å². The standard InChI is InChI=1S/C13H13BrClN3O2S/c1-18(8-9-3-2-4-17-7-9)21(19,20)12-6-10(15)5-11(16)13(12)14/h2-7H,8,16H2,1H3. The van der Waals surface area contributed by atoms with Gasteiger partial charge in [0.05, 0.1) is 9.37 Å². The van der Waals surface area contributed by atoms with Crippen LogP contribution in [-0.2, 0) is 16.6 Å². The summed E-state index contributed by atoms with van der Waals surface area (Å²) in [6.45, 7) is 0.203. The molecule has 2 rings (SSSR count). The fraction of sp³-hybridized carbons (Fsp3) is 0.154. The molecule has 1 aromatic heterocycles. The minimum atomic E-state index is -3.72. The number of sulfonamides is 1. The second-order valence-electron chi connectivity index (χ2n) is 4.43. The highest BCUT2D eigenvalue weighted by molar-refractivity contribution is 9.10. The zero-order valence-electron chi connectivity index (χ0n) is 11.1. The summed E-state index contributed by atoms with van der Waals surface area (Å²) in [5.74, 6) is 0. The summed E-state index contributed by atoms with van der Waals surface area (Å²) in [6, 6.07) is 6.42. The van der Waals surface area contributed by atoms with Crippen molar-refractivity contribution >= 4 is 43.2 Å². The molecule has 2 aromatic rings. The maximum Gasteiger partial charge on any atom is 0.244 e. The molecule has 21 heavy (non-hydrogen) atoms. The van der Waals surface area contributed by atoms with E-state index >= 15 is 0 Å². The van der Waals surface area contributed by atoms with E-state index in [1.807, 2.05) is 0 Å². The number of nitrogens with zero attached hydrogens (tertiary/aromatic N) is 2. The highest BCUT2D eigenvalue weighted by atomic mass is 79.9. The fourth-order valence-electron chi connectivity index (χ4n) is 1.77. The number of aromatic nitrogens is 1. The average molecular weight is 391 g/mol. The Morgan fingerprint density at radius 2 is 2.14 bits per heavy atom. The van der Waals surface area contributed by atoms with Gasteiger partial charge in [-0.25, -0.2) is 8.42 Å². The summed E-state index contributed by atoms with van der Waals surface area (Å²) in [6.07, 6.45) is 3.25. The quantitative estimate of drug-likeness (QED) is 0.814. The number of benzene rings is 1. The van der Waals surface area contributed by atoms with Gasteiger partial charge in [0.25, 0.3) is 0 Å². The van der Waals surface area contributed by atoms with Gasteiger partial charge in [-0.05, 0) is 39.7 Å². The molecule has 112 valence electrons. The molecule has 8 heteroatoms. The van der Waals surface area contributed by atoms with Gasteiger partial charge in [0.15, 0.2) is 0 Å². The van der Waals surface area contributed by atoms with Crippen LogP contribution in [0.15, 0.2) is 46.0 Å². The smallest absolute Gasteiger partial charge is 0.244 e. The van der Waals surface area contributed by atoms with Crippen LogP contribution < -0.4 is 5.73 Å². The molecule has 0 bridgehead atoms. The van der Waals surface area contributed by atoms with Crippen LogP contribution in [0.4, 0.5) is 5.69 Å². The van der Waals surface area contributed by atoms with E-state index in [1.165, 1.54) is 23.5 Å². The predicted octanol–water partition coefficient (Wildman–Crippen LogP) is 2.90. The first-order chi connectivity index (χ1) is 9.82. The third kappa shape index (κ3) is 3.55. The molecule has 1 aromatic carbocycles. The fourth-order valence-corrected chi connectivity index (χ4v) is 4.18. The lowest BCUT2D eigenvalue weighted by Crippen LogP contribution is -2.27. The molecular weight excluding hydrogens is 378 g/mol. The lowest BCUT2D eigenvalue weighted by molar-refractivity contribution is 0.466. The largest absolute Gasteiger partial charge is 0.398 e. The summed E-state index contributed by atoms with van der Waals surface area (Å²) in [5.41, 5.74) is 6.81. The number of nitrogens with two attached hydrogens (primary N) is 1. The summed E-state index contributed by atoms with van der Waals surface area (Å²) in [5, 5.41) is 0.268. The predicted molar refractivity (Wildman–Crippen MR) is 86.5 cm³/mol. The van der Waals surface area contributed by atoms with Gasteiger partial charge in [-0.1, -0.05) is 17.7 Å². The molecule has 2 N–H and O–H groups in total. The third-order valence-corrected chi connectivity index (χ3v) is 6.04. The Morgan fingerprint density at radius 3 is 2.76 bits per heavy atom. The molecule has 0 unspecified atom stereocenters. The van der Waals surface area contributed by atoms with E-state index in [1.54, 1.807) is 24.5 Å². The number of halogens is 2. The maximum absolute atomic E-state index is 12.6. The molecular formula is C13H13BrClN3O2S. The van der Waals surface area contributed by atoms with Crippen molar-refractivity contribution in [2.75, 3.05) is 12.8 Å². The van der Waals surface area contributed by atoms with Gasteiger partial charge in [-0.3, -0.25) is 4.98 Å². The number of anilines is 1. The zero-order chi connectivity index (χ0) is 15.6. The molecule has 0 aliphatic rings. The molecule has 0 saturated carbocycles. The van der Waals surface area contributed by atoms with E-state index in [-0.39, 0.29) is 22.2 Å². The molecule has 0 amide bonds. The van der Waals surface area contributed by atoms with Crippen molar-refractivity contribution in [3.8, 4) is 0 Å². The molecule has 0 aliphatic heterocycles. The first kappa shape index (κ1) is 16.2. The maximum atomic E-state index is 12.6. The van der Waals surface area contributed by atoms with Crippen molar-refractivity contribution in [1.82, 2.24) is 9.29 Å². The van der Waals surface area contributed by atoms with Crippen molar-refractivity contribution in [3.05, 3.63) is 51.7 Å². The molecule has 0 radical (unpaired) electrons. The van der Waals surface area contributed by atoms with Crippen LogP contribution in [0.3, 0.4) is 0 Å². The van der Waals surface area contributed by atoms with Gasteiger partial charge in [-0.2, -0.15) is 4.31 Å². The van der Waals surface area contributed by atoms with Crippen LogP contribution in [0.25, 0.3) is 0 Å². The average Bonchev–Trinajstić information content (AvgIpc) is 2.43. The number of nitrogen functional groups attached to an aromatic ring is 1. The Hall–Kier alpha value is -1.15. The summed E-state index contributed by atoms with van der Waals surface area (Å²) >= 11 is 9.10. The van der Waals surface area contributed by atoms with Crippen LogP contribution in [0.2, 0.25) is 5.02 Å². The lowest BCUT2D eigenvalue weighted by atomic mass is 10.3. The summed E-state index contributed by atoms with van der Waals surface area (Å²) < 4.78 is 26.8. The Labute approximate surface area is 136 Å². The second kappa shape index (κ2) is 6.31. The lowest BCUT2D eigenvalue weighted by Gasteiger charge is -2.18. The molecule has 5 nitrogen and oxygen atoms in total. The minimum Gasteiger partial charge on any atom is -0.398 e. The summed E-state index contributed by atoms with van der Waals surface area (Å²) in [4.78, 5) is 4.01. The van der Waals surface area contributed by atoms with E-state index in [9.17, 15) is 8.42 Å². The summed E-state index contributed by atoms with van der Waals surface area (Å²) in [7, 11) is -2.23. The first-order valence-electron chi connectivity index (χ1n) is 5.92. The van der Waals surface area contributed by atoms with Crippen LogP contribution in [0.1, 0.15) is 5.56 Å². The van der Waals surface area contributed by atoms with Gasteiger partial charge < -0.3 is 5.73 Å². The van der Waals surface area contributed by atoms with Crippen LogP contribution in [0.5, 0.6) is 0 Å². The number of hydrogen-bond donors (Lipinski definition) is 1. The number of rotatable bonds is 4. The third-order valence-electron chi connectivity index (χ3n) is 2.85. The monoisotopic (exact) mass is 389 g/mol. The molecule has 0 atom stereocenters. The van der Waals surface area contributed by atoms with Gasteiger partial charge >= 0.3 is 0 Å². The van der Waals surface area contributed by atoms with E-state index in [4.69, 9.17) is 17.3 Å². The SMILES string of the molecule is CN(Cc1cccnc1)S(=O)(=O)c1cc(Cl)cc(N)c1Br. The van der Waals surface area contributed by atoms with E-state index in [0.717, 1.165) is 5.56 Å². The number of pyridine rings is 1. The van der Waals surface area contributed by atoms with Crippen molar-refractivity contribution in [2.24, 2.45) is 0 Å². The molecule has 0 aliphatic carbocycles. The Balaban J connectivity index is 2.38. The minimum absolute atomic E-state index is 0.0406. The van der Waals surface area contributed by atoms with Crippen LogP contribution in [-0.4, -0.2) is 24.8 Å². The first-order valence-corrected chi connectivity index (χ1v) is 8.53. The van der Waals surface area contributed by atoms with Crippen LogP contribution in [0, 0.1) is 0 Å². The second-order valence-corrected chi connectivity index (χ2v) is 7.67. The highest BCUT2D eigenvalue weighted by Crippen LogP contribution is 2.33. The van der Waals surface area contributed by atoms with E-state index < -0.39 is 10.0 Å². The van der Waals surface area contributed by atoms with Gasteiger partial charge in [0, 0.05) is 36.7 Å². The van der Waals surface area contributed by atoms with Crippen LogP contribution >= 0.6 is 27.5 Å². The highest BCUT2D eigenvalue weighted by Gasteiger charge is 2.25. The van der Waals surface area contributed by atoms with Gasteiger partial charge in [-0.15, -0.1) is 0 Å². The zero-order valence-corrected chi connectivity index (χ0v) is 14.3. The van der Waals surface area contributed by atoms with Crippen molar-refractivity contribution < 1.29 is 8.42 Å². The number of hydrogen-bond acceptors (Lipinski definition) is 4. The molecule has 0 saturated heterocycles. The van der Waals surface area contributed by atoms with Crippen molar-refractivity contribution in [1.29, 1.82) is 0 Å². The van der Waals surface area contributed by atoms with Gasteiger partial charge in [0.2, 0.25) is 10.0 Å².